The predicted molar refractivity (Wildman–Crippen MR) is 230 cm³/mol. The van der Waals surface area contributed by atoms with Crippen molar-refractivity contribution in [2.45, 2.75) is 184 Å². The third-order valence-electron chi connectivity index (χ3n) is 11.8. The van der Waals surface area contributed by atoms with Crippen LogP contribution >= 0.6 is 0 Å². The lowest BCUT2D eigenvalue weighted by Crippen LogP contribution is -2.64. The molecule has 2 saturated heterocycles. The molecule has 0 bridgehead atoms. The zero-order valence-electron chi connectivity index (χ0n) is 36.6. The highest BCUT2D eigenvalue weighted by atomic mass is 19.2. The van der Waals surface area contributed by atoms with Crippen LogP contribution in [-0.2, 0) is 30.2 Å². The van der Waals surface area contributed by atoms with Gasteiger partial charge in [-0.3, -0.25) is 18.4 Å². The number of carbonyl (C=O) groups excluding carboxylic acids is 1. The van der Waals surface area contributed by atoms with E-state index in [-0.39, 0.29) is 18.9 Å². The van der Waals surface area contributed by atoms with Gasteiger partial charge in [0.2, 0.25) is 5.91 Å². The molecule has 0 aliphatic carbocycles. The minimum atomic E-state index is -2.71. The molecule has 18 heteroatoms. The molecule has 10 atom stereocenters. The summed E-state index contributed by atoms with van der Waals surface area (Å²) in [5.74, 6) is -0.00915. The number of hydrogen-bond acceptors (Lipinski definition) is 13. The number of carbonyl (C=O) groups is 1. The molecule has 0 spiro atoms. The fraction of sp³-hybridized carbons (Fsp3) is 0.773. The van der Waals surface area contributed by atoms with Crippen molar-refractivity contribution >= 4 is 25.1 Å². The molecule has 3 aliphatic heterocycles. The Hall–Kier alpha value is -2.62. The number of nitrogens with zero attached hydrogens (tertiary/aromatic N) is 3. The third kappa shape index (κ3) is 15.5. The van der Waals surface area contributed by atoms with Crippen LogP contribution in [0.15, 0.2) is 35.0 Å². The van der Waals surface area contributed by atoms with Gasteiger partial charge in [-0.25, -0.2) is 0 Å². The Kier molecular flexibility index (Phi) is 23.2. The maximum absolute atomic E-state index is 14.3. The molecule has 7 N–H and O–H groups in total. The SMILES string of the molecule is CCCCCCCCC1=N/C(=C\c2ccc(CCCCC(=O)N(CCCCCC)CCCCOC3O[C@H](CO)[C@@H](O[C@@H]4O[C@H](CO)[C@H](O)[C@H](O)[C@H]4O)[C@H](O)[C@H]3O)n2B(F)F)C=C1. The molecular formula is C44H72BF2N3O12. The van der Waals surface area contributed by atoms with E-state index in [9.17, 15) is 49.2 Å². The van der Waals surface area contributed by atoms with Crippen LogP contribution in [0.5, 0.6) is 0 Å². The summed E-state index contributed by atoms with van der Waals surface area (Å²) >= 11 is 0. The van der Waals surface area contributed by atoms with E-state index in [0.29, 0.717) is 62.3 Å². The first kappa shape index (κ1) is 52.0. The molecule has 2 fully saturated rings. The molecular weight excluding hydrogens is 811 g/mol. The number of rotatable bonds is 29. The molecule has 1 aromatic heterocycles. The Morgan fingerprint density at radius 3 is 2.08 bits per heavy atom. The van der Waals surface area contributed by atoms with Gasteiger partial charge in [0.1, 0.15) is 48.8 Å². The van der Waals surface area contributed by atoms with Gasteiger partial charge in [-0.05, 0) is 81.7 Å². The lowest BCUT2D eigenvalue weighted by molar-refractivity contribution is -0.359. The van der Waals surface area contributed by atoms with Gasteiger partial charge in [0.05, 0.1) is 18.9 Å². The van der Waals surface area contributed by atoms with Crippen molar-refractivity contribution < 1.29 is 68.1 Å². The maximum atomic E-state index is 14.3. The van der Waals surface area contributed by atoms with Crippen LogP contribution in [0.3, 0.4) is 0 Å². The van der Waals surface area contributed by atoms with E-state index >= 15 is 0 Å². The first-order valence-electron chi connectivity index (χ1n) is 22.9. The van der Waals surface area contributed by atoms with E-state index in [1.165, 1.54) is 25.7 Å². The molecule has 4 rings (SSSR count). The Labute approximate surface area is 365 Å². The fourth-order valence-corrected chi connectivity index (χ4v) is 8.08. The largest absolute Gasteiger partial charge is 0.677 e. The van der Waals surface area contributed by atoms with E-state index in [4.69, 9.17) is 18.9 Å². The highest BCUT2D eigenvalue weighted by Crippen LogP contribution is 2.30. The summed E-state index contributed by atoms with van der Waals surface area (Å²) < 4.78 is 52.1. The lowest BCUT2D eigenvalue weighted by atomic mass is 9.97. The van der Waals surface area contributed by atoms with E-state index < -0.39 is 82.0 Å². The minimum Gasteiger partial charge on any atom is -0.394 e. The van der Waals surface area contributed by atoms with Crippen molar-refractivity contribution in [2.24, 2.45) is 4.99 Å². The van der Waals surface area contributed by atoms with Gasteiger partial charge in [-0.2, -0.15) is 0 Å². The van der Waals surface area contributed by atoms with Crippen LogP contribution in [0.25, 0.3) is 6.08 Å². The highest BCUT2D eigenvalue weighted by Gasteiger charge is 2.50. The molecule has 1 amide bonds. The van der Waals surface area contributed by atoms with E-state index in [0.717, 1.165) is 55.1 Å². The number of aliphatic hydroxyl groups excluding tert-OH is 7. The second-order valence-electron chi connectivity index (χ2n) is 16.7. The Balaban J connectivity index is 1.22. The van der Waals surface area contributed by atoms with E-state index in [2.05, 4.69) is 18.8 Å². The average molecular weight is 884 g/mol. The number of aliphatic hydroxyl groups is 7. The van der Waals surface area contributed by atoms with Gasteiger partial charge < -0.3 is 64.1 Å². The minimum absolute atomic E-state index is 0.00915. The summed E-state index contributed by atoms with van der Waals surface area (Å²) in [5.41, 5.74) is 2.55. The van der Waals surface area contributed by atoms with Crippen LogP contribution in [-0.4, -0.2) is 158 Å². The molecule has 15 nitrogen and oxygen atoms in total. The lowest BCUT2D eigenvalue weighted by Gasteiger charge is -2.45. The first-order valence-corrected chi connectivity index (χ1v) is 22.9. The molecule has 1 aromatic rings. The molecule has 4 heterocycles. The Morgan fingerprint density at radius 2 is 1.39 bits per heavy atom. The summed E-state index contributed by atoms with van der Waals surface area (Å²) in [6, 6.07) is 3.42. The van der Waals surface area contributed by atoms with Gasteiger partial charge in [0, 0.05) is 43.2 Å². The summed E-state index contributed by atoms with van der Waals surface area (Å²) in [7, 11) is -2.71. The summed E-state index contributed by atoms with van der Waals surface area (Å²) in [6.45, 7) is 4.09. The summed E-state index contributed by atoms with van der Waals surface area (Å²) in [6.07, 6.45) is 5.02. The Bertz CT molecular complexity index is 1550. The number of unbranched alkanes of at least 4 members (excludes halogenated alkanes) is 10. The van der Waals surface area contributed by atoms with Crippen molar-refractivity contribution in [3.63, 3.8) is 0 Å². The number of aryl methyl sites for hydroxylation is 1. The predicted octanol–water partition coefficient (Wildman–Crippen LogP) is 3.91. The van der Waals surface area contributed by atoms with Gasteiger partial charge >= 0.3 is 7.40 Å². The number of aliphatic imine (C=N–C) groups is 1. The second-order valence-corrected chi connectivity index (χ2v) is 16.7. The molecule has 0 aromatic carbocycles. The molecule has 1 unspecified atom stereocenters. The number of hydrogen-bond donors (Lipinski definition) is 7. The zero-order chi connectivity index (χ0) is 45.0. The summed E-state index contributed by atoms with van der Waals surface area (Å²) in [5, 5.41) is 71.7. The van der Waals surface area contributed by atoms with Gasteiger partial charge in [0.15, 0.2) is 12.6 Å². The molecule has 0 radical (unpaired) electrons. The van der Waals surface area contributed by atoms with Gasteiger partial charge in [-0.15, -0.1) is 0 Å². The highest BCUT2D eigenvalue weighted by molar-refractivity contribution is 6.41. The van der Waals surface area contributed by atoms with Crippen LogP contribution in [0.1, 0.15) is 128 Å². The average Bonchev–Trinajstić information content (AvgIpc) is 3.89. The number of halogens is 2. The quantitative estimate of drug-likeness (QED) is 0.0451. The maximum Gasteiger partial charge on any atom is 0.677 e. The van der Waals surface area contributed by atoms with E-state index in [1.54, 1.807) is 18.2 Å². The van der Waals surface area contributed by atoms with Gasteiger partial charge in [-0.1, -0.05) is 65.2 Å². The fourth-order valence-electron chi connectivity index (χ4n) is 8.08. The van der Waals surface area contributed by atoms with Crippen molar-refractivity contribution in [3.8, 4) is 0 Å². The molecule has 352 valence electrons. The Morgan fingerprint density at radius 1 is 0.758 bits per heavy atom. The first-order chi connectivity index (χ1) is 29.9. The van der Waals surface area contributed by atoms with E-state index in [1.807, 2.05) is 17.1 Å². The standard InChI is InChI=1S/C44H72BF2N3O12/c1-3-5-7-9-10-11-17-30-20-21-31(48-30)27-33-23-22-32(50(33)45(46)47)18-12-13-19-36(53)49(24-14-8-6-4-2)25-15-16-26-59-43-41(58)39(56)42(35(29-52)61-43)62-44-40(57)38(55)37(54)34(28-51)60-44/h20-23,27,34-35,37-44,51-52,54-58H,3-19,24-26,28-29H2,1-2H3/b31-27-/t34-,35-,37+,38+,39-,40-,41-,42-,43?,44+/m1/s1. The second kappa shape index (κ2) is 27.7. The van der Waals surface area contributed by atoms with Crippen LogP contribution in [0.4, 0.5) is 8.63 Å². The molecule has 3 aliphatic rings. The number of allylic oxidation sites excluding steroid dienone is 2. The van der Waals surface area contributed by atoms with Crippen molar-refractivity contribution in [2.75, 3.05) is 32.9 Å². The smallest absolute Gasteiger partial charge is 0.394 e. The van der Waals surface area contributed by atoms with Gasteiger partial charge in [0.25, 0.3) is 0 Å². The normalized spacial score (nSPS) is 28.2. The van der Waals surface area contributed by atoms with Crippen molar-refractivity contribution in [1.82, 2.24) is 9.38 Å². The zero-order valence-corrected chi connectivity index (χ0v) is 36.6. The topological polar surface area (TPSA) is 216 Å². The van der Waals surface area contributed by atoms with Crippen LogP contribution in [0.2, 0.25) is 0 Å². The number of ether oxygens (including phenoxy) is 4. The van der Waals surface area contributed by atoms with Crippen molar-refractivity contribution in [3.05, 3.63) is 41.4 Å². The summed E-state index contributed by atoms with van der Waals surface area (Å²) in [4.78, 5) is 19.9. The third-order valence-corrected chi connectivity index (χ3v) is 11.8. The monoisotopic (exact) mass is 884 g/mol. The molecule has 0 saturated carbocycles. The number of amides is 1. The molecule has 62 heavy (non-hydrogen) atoms. The van der Waals surface area contributed by atoms with Crippen LogP contribution in [0, 0.1) is 0 Å². The van der Waals surface area contributed by atoms with Crippen molar-refractivity contribution in [1.29, 1.82) is 0 Å². The van der Waals surface area contributed by atoms with Crippen LogP contribution < -0.4 is 0 Å². The number of aromatic nitrogens is 1.